The van der Waals surface area contributed by atoms with Crippen molar-refractivity contribution in [1.82, 2.24) is 0 Å². The van der Waals surface area contributed by atoms with E-state index in [9.17, 15) is 9.36 Å². The molecule has 1 aromatic heterocycles. The lowest BCUT2D eigenvalue weighted by Gasteiger charge is -1.34. The Bertz CT molecular complexity index is 212. The lowest BCUT2D eigenvalue weighted by molar-refractivity contribution is 0.0773. The molecule has 0 fully saturated rings. The average Bonchev–Trinajstić information content (AvgIpc) is 1.87. The highest BCUT2D eigenvalue weighted by atomic mass is 31.1. The maximum absolute atomic E-state index is 9.81. The second-order valence-electron chi connectivity index (χ2n) is 0.723. The van der Waals surface area contributed by atoms with Crippen LogP contribution >= 0.6 is 7.89 Å². The molecule has 1 rings (SSSR count). The van der Waals surface area contributed by atoms with Gasteiger partial charge in [0.2, 0.25) is 0 Å². The highest BCUT2D eigenvalue weighted by Crippen LogP contribution is 2.04. The van der Waals surface area contributed by atoms with E-state index < -0.39 is 13.7 Å². The Morgan fingerprint density at radius 2 is 2.29 bits per heavy atom. The van der Waals surface area contributed by atoms with Crippen LogP contribution in [0.25, 0.3) is 0 Å². The third kappa shape index (κ3) is 0.778. The van der Waals surface area contributed by atoms with E-state index in [-0.39, 0.29) is 0 Å². The summed E-state index contributed by atoms with van der Waals surface area (Å²) < 4.78 is 20.9. The molecule has 0 aliphatic carbocycles. The van der Waals surface area contributed by atoms with Crippen LogP contribution in [-0.2, 0) is 4.57 Å². The molecule has 0 aliphatic heterocycles. The Labute approximate surface area is 37.4 Å². The van der Waals surface area contributed by atoms with E-state index >= 15 is 0 Å². The van der Waals surface area contributed by atoms with Gasteiger partial charge in [-0.15, -0.1) is 4.20 Å². The van der Waals surface area contributed by atoms with Gasteiger partial charge in [0.05, 0.1) is 0 Å². The first-order chi connectivity index (χ1) is 3.29. The molecule has 0 saturated heterocycles. The normalized spacial score (nSPS) is 11.7. The van der Waals surface area contributed by atoms with E-state index in [1.54, 1.807) is 0 Å². The Morgan fingerprint density at radius 1 is 1.57 bits per heavy atom. The van der Waals surface area contributed by atoms with E-state index in [2.05, 4.69) is 13.1 Å². The number of rotatable bonds is 0. The average molecular weight is 123 g/mol. The van der Waals surface area contributed by atoms with Gasteiger partial charge in [-0.05, 0) is 4.36 Å². The minimum Gasteiger partial charge on any atom is -0.197 e. The monoisotopic (exact) mass is 123 g/mol. The molecular formula is CO5P+. The molecule has 0 aromatic carbocycles. The van der Waals surface area contributed by atoms with Gasteiger partial charge < -0.3 is 0 Å². The fraction of sp³-hybridized carbons (Fsp3) is 0. The summed E-state index contributed by atoms with van der Waals surface area (Å²) in [4.78, 5) is 9.70. The van der Waals surface area contributed by atoms with E-state index in [1.807, 2.05) is 0 Å². The summed E-state index contributed by atoms with van der Waals surface area (Å²) in [5, 5.41) is 0. The SMILES string of the molecule is O=c1oo[p+](=O)o1. The maximum Gasteiger partial charge on any atom is 0.850 e. The Hall–Kier alpha value is -0.830. The van der Waals surface area contributed by atoms with Gasteiger partial charge in [0.25, 0.3) is 0 Å². The second-order valence-corrected chi connectivity index (χ2v) is 1.50. The Balaban J connectivity index is 3.59. The molecule has 1 atom stereocenters. The van der Waals surface area contributed by atoms with Crippen molar-refractivity contribution in [3.8, 4) is 0 Å². The minimum atomic E-state index is -2.33. The molecule has 0 spiro atoms. The summed E-state index contributed by atoms with van der Waals surface area (Å²) in [6.07, 6.45) is 0. The molecule has 1 aromatic rings. The minimum absolute atomic E-state index is 1.05. The Morgan fingerprint density at radius 3 is 2.43 bits per heavy atom. The van der Waals surface area contributed by atoms with Crippen molar-refractivity contribution in [3.05, 3.63) is 10.6 Å². The molecule has 0 N–H and O–H groups in total. The summed E-state index contributed by atoms with van der Waals surface area (Å²) in [6, 6.07) is 0. The van der Waals surface area contributed by atoms with Crippen LogP contribution in [0.15, 0.2) is 17.9 Å². The topological polar surface area (TPSA) is 73.6 Å². The predicted molar refractivity (Wildman–Crippen MR) is 17.1 cm³/mol. The zero-order chi connectivity index (χ0) is 5.28. The Kier molecular flexibility index (Phi) is 0.834. The smallest absolute Gasteiger partial charge is 0.197 e. The quantitative estimate of drug-likeness (QED) is 0.471. The zero-order valence-corrected chi connectivity index (χ0v) is 3.88. The summed E-state index contributed by atoms with van der Waals surface area (Å²) >= 11 is 0. The number of hydrogen-bond donors (Lipinski definition) is 0. The molecule has 7 heavy (non-hydrogen) atoms. The summed E-state index contributed by atoms with van der Waals surface area (Å²) in [5.41, 5.74) is 0. The van der Waals surface area contributed by atoms with E-state index in [0.717, 1.165) is 0 Å². The zero-order valence-electron chi connectivity index (χ0n) is 2.99. The molecule has 0 bridgehead atoms. The first kappa shape index (κ1) is 4.33. The van der Waals surface area contributed by atoms with Gasteiger partial charge in [-0.2, -0.15) is 9.37 Å². The molecule has 0 aliphatic rings. The first-order valence-corrected chi connectivity index (χ1v) is 2.42. The van der Waals surface area contributed by atoms with Gasteiger partial charge in [0.15, 0.2) is 0 Å². The second kappa shape index (κ2) is 1.35. The standard InChI is InChI=1S/CO5P/c2-1-4-6-7(3)5-1/q+1. The lowest BCUT2D eigenvalue weighted by Crippen LogP contribution is -1.83. The van der Waals surface area contributed by atoms with Crippen molar-refractivity contribution < 1.29 is 17.7 Å². The lowest BCUT2D eigenvalue weighted by atomic mass is 11.6. The molecule has 0 saturated carbocycles. The fourth-order valence-electron chi connectivity index (χ4n) is 0.152. The van der Waals surface area contributed by atoms with Crippen LogP contribution in [-0.4, -0.2) is 0 Å². The van der Waals surface area contributed by atoms with Gasteiger partial charge in [-0.1, -0.05) is 0 Å². The number of hydrogen-bond acceptors (Lipinski definition) is 5. The van der Waals surface area contributed by atoms with Crippen LogP contribution in [0, 0.1) is 0 Å². The predicted octanol–water partition coefficient (Wildman–Crippen LogP) is 0.568. The molecule has 1 unspecified atom stereocenters. The van der Waals surface area contributed by atoms with Crippen LogP contribution in [0.2, 0.25) is 0 Å². The van der Waals surface area contributed by atoms with E-state index in [0.29, 0.717) is 0 Å². The van der Waals surface area contributed by atoms with Crippen LogP contribution in [0.3, 0.4) is 0 Å². The molecule has 0 amide bonds. The van der Waals surface area contributed by atoms with Crippen molar-refractivity contribution in [1.29, 1.82) is 0 Å². The van der Waals surface area contributed by atoms with Gasteiger partial charge in [0.1, 0.15) is 0 Å². The van der Waals surface area contributed by atoms with Crippen LogP contribution in [0.4, 0.5) is 0 Å². The molecular weight excluding hydrogens is 123 g/mol. The van der Waals surface area contributed by atoms with Gasteiger partial charge in [0, 0.05) is 4.57 Å². The fourth-order valence-corrected chi connectivity index (χ4v) is 0.456. The molecule has 5 nitrogen and oxygen atoms in total. The summed E-state index contributed by atoms with van der Waals surface area (Å²) in [6.45, 7) is 0. The molecule has 0 radical (unpaired) electrons. The highest BCUT2D eigenvalue weighted by Gasteiger charge is 2.08. The van der Waals surface area contributed by atoms with Crippen LogP contribution in [0.5, 0.6) is 0 Å². The van der Waals surface area contributed by atoms with E-state index in [4.69, 9.17) is 0 Å². The van der Waals surface area contributed by atoms with Crippen molar-refractivity contribution in [3.63, 3.8) is 0 Å². The highest BCUT2D eigenvalue weighted by molar-refractivity contribution is 7.22. The van der Waals surface area contributed by atoms with Gasteiger partial charge in [-0.3, -0.25) is 0 Å². The van der Waals surface area contributed by atoms with Crippen LogP contribution < -0.4 is 5.82 Å². The van der Waals surface area contributed by atoms with Crippen molar-refractivity contribution >= 4 is 7.89 Å². The van der Waals surface area contributed by atoms with Gasteiger partial charge >= 0.3 is 13.7 Å². The third-order valence-corrected chi connectivity index (χ3v) is 0.810. The molecule has 1 heterocycles. The third-order valence-electron chi connectivity index (χ3n) is 0.315. The molecule has 38 valence electrons. The van der Waals surface area contributed by atoms with Crippen molar-refractivity contribution in [2.45, 2.75) is 0 Å². The van der Waals surface area contributed by atoms with Crippen molar-refractivity contribution in [2.75, 3.05) is 0 Å². The van der Waals surface area contributed by atoms with E-state index in [1.165, 1.54) is 0 Å². The van der Waals surface area contributed by atoms with Crippen LogP contribution in [0.1, 0.15) is 0 Å². The maximum atomic E-state index is 9.81. The van der Waals surface area contributed by atoms with Gasteiger partial charge in [-0.25, -0.2) is 0 Å². The summed E-state index contributed by atoms with van der Waals surface area (Å²) in [5.74, 6) is -1.05. The largest absolute Gasteiger partial charge is 0.850 e. The molecule has 6 heteroatoms. The summed E-state index contributed by atoms with van der Waals surface area (Å²) in [7, 11) is -2.33. The van der Waals surface area contributed by atoms with Crippen molar-refractivity contribution in [2.24, 2.45) is 0 Å². The first-order valence-electron chi connectivity index (χ1n) is 1.33.